The number of nitrogens with zero attached hydrogens (tertiary/aromatic N) is 3. The Hall–Kier alpha value is -1.98. The SMILES string of the molecule is CCCc1cn(C2CC2)nc1-[n+]1cc(C)ccc1OC(F)F. The van der Waals surface area contributed by atoms with Crippen molar-refractivity contribution in [3.63, 3.8) is 0 Å². The third kappa shape index (κ3) is 3.10. The van der Waals surface area contributed by atoms with Crippen LogP contribution in [0.25, 0.3) is 5.82 Å². The summed E-state index contributed by atoms with van der Waals surface area (Å²) in [5.41, 5.74) is 2.02. The van der Waals surface area contributed by atoms with Gasteiger partial charge in [0.05, 0.1) is 22.9 Å². The standard InChI is InChI=1S/C16H20F2N3O/c1-3-4-12-10-21(13-6-7-13)19-15(12)20-9-11(2)5-8-14(20)22-16(17)18/h5,8-10,13,16H,3-4,6-7H2,1-2H3/q+1. The van der Waals surface area contributed by atoms with Crippen LogP contribution in [0.5, 0.6) is 5.88 Å². The van der Waals surface area contributed by atoms with Crippen LogP contribution in [0.2, 0.25) is 0 Å². The molecular formula is C16H20F2N3O+. The Morgan fingerprint density at radius 1 is 1.41 bits per heavy atom. The van der Waals surface area contributed by atoms with Crippen molar-refractivity contribution in [1.29, 1.82) is 0 Å². The molecule has 0 saturated heterocycles. The van der Waals surface area contributed by atoms with Crippen LogP contribution in [-0.4, -0.2) is 16.4 Å². The third-order valence-corrected chi connectivity index (χ3v) is 3.72. The smallest absolute Gasteiger partial charge is 0.389 e. The van der Waals surface area contributed by atoms with E-state index in [0.717, 1.165) is 36.8 Å². The van der Waals surface area contributed by atoms with Gasteiger partial charge < -0.3 is 4.74 Å². The van der Waals surface area contributed by atoms with E-state index in [-0.39, 0.29) is 5.88 Å². The lowest BCUT2D eigenvalue weighted by atomic mass is 10.2. The van der Waals surface area contributed by atoms with E-state index < -0.39 is 6.61 Å². The Balaban J connectivity index is 2.06. The summed E-state index contributed by atoms with van der Waals surface area (Å²) in [7, 11) is 0. The number of aromatic nitrogens is 3. The second-order valence-electron chi connectivity index (χ2n) is 5.73. The molecule has 6 heteroatoms. The topological polar surface area (TPSA) is 30.9 Å². The molecule has 0 N–H and O–H groups in total. The van der Waals surface area contributed by atoms with E-state index in [2.05, 4.69) is 16.8 Å². The highest BCUT2D eigenvalue weighted by Gasteiger charge is 2.32. The Bertz CT molecular complexity index is 665. The largest absolute Gasteiger partial charge is 0.399 e. The number of ether oxygens (including phenoxy) is 1. The zero-order valence-corrected chi connectivity index (χ0v) is 12.8. The maximum absolute atomic E-state index is 12.6. The molecular weight excluding hydrogens is 288 g/mol. The number of alkyl halides is 2. The minimum Gasteiger partial charge on any atom is -0.399 e. The summed E-state index contributed by atoms with van der Waals surface area (Å²) >= 11 is 0. The van der Waals surface area contributed by atoms with Crippen molar-refractivity contribution < 1.29 is 18.1 Å². The minimum absolute atomic E-state index is 0.110. The number of halogens is 2. The molecule has 0 aromatic carbocycles. The highest BCUT2D eigenvalue weighted by molar-refractivity contribution is 5.27. The fraction of sp³-hybridized carbons (Fsp3) is 0.500. The summed E-state index contributed by atoms with van der Waals surface area (Å²) in [6.45, 7) is 1.16. The zero-order chi connectivity index (χ0) is 15.7. The number of aryl methyl sites for hydroxylation is 2. The molecule has 0 radical (unpaired) electrons. The van der Waals surface area contributed by atoms with Crippen LogP contribution in [0.15, 0.2) is 24.5 Å². The van der Waals surface area contributed by atoms with Crippen LogP contribution < -0.4 is 9.30 Å². The van der Waals surface area contributed by atoms with Gasteiger partial charge in [-0.2, -0.15) is 18.0 Å². The van der Waals surface area contributed by atoms with Gasteiger partial charge in [-0.1, -0.05) is 13.3 Å². The first kappa shape index (κ1) is 14.9. The molecule has 0 bridgehead atoms. The summed E-state index contributed by atoms with van der Waals surface area (Å²) in [4.78, 5) is 0. The van der Waals surface area contributed by atoms with Gasteiger partial charge >= 0.3 is 12.4 Å². The molecule has 1 aliphatic rings. The highest BCUT2D eigenvalue weighted by atomic mass is 19.3. The quantitative estimate of drug-likeness (QED) is 0.766. The van der Waals surface area contributed by atoms with E-state index in [0.29, 0.717) is 11.9 Å². The fourth-order valence-corrected chi connectivity index (χ4v) is 2.54. The van der Waals surface area contributed by atoms with Crippen molar-refractivity contribution in [1.82, 2.24) is 9.78 Å². The predicted octanol–water partition coefficient (Wildman–Crippen LogP) is 3.36. The van der Waals surface area contributed by atoms with Gasteiger partial charge in [-0.05, 0) is 37.8 Å². The summed E-state index contributed by atoms with van der Waals surface area (Å²) in [5.74, 6) is 0.798. The maximum atomic E-state index is 12.6. The number of hydrogen-bond donors (Lipinski definition) is 0. The molecule has 2 aromatic heterocycles. The lowest BCUT2D eigenvalue weighted by molar-refractivity contribution is -0.611. The average Bonchev–Trinajstić information content (AvgIpc) is 3.23. The summed E-state index contributed by atoms with van der Waals surface area (Å²) in [5, 5.41) is 4.62. The van der Waals surface area contributed by atoms with Crippen molar-refractivity contribution in [3.05, 3.63) is 35.7 Å². The van der Waals surface area contributed by atoms with E-state index in [1.807, 2.05) is 17.8 Å². The lowest BCUT2D eigenvalue weighted by Gasteiger charge is -2.07. The predicted molar refractivity (Wildman–Crippen MR) is 77.4 cm³/mol. The molecule has 0 amide bonds. The van der Waals surface area contributed by atoms with Gasteiger partial charge in [0.2, 0.25) is 0 Å². The van der Waals surface area contributed by atoms with Crippen molar-refractivity contribution >= 4 is 0 Å². The van der Waals surface area contributed by atoms with E-state index >= 15 is 0 Å². The molecule has 0 spiro atoms. The Kier molecular flexibility index (Phi) is 4.09. The van der Waals surface area contributed by atoms with E-state index in [1.54, 1.807) is 22.9 Å². The van der Waals surface area contributed by atoms with Crippen LogP contribution in [0, 0.1) is 6.92 Å². The zero-order valence-electron chi connectivity index (χ0n) is 12.8. The first-order valence-corrected chi connectivity index (χ1v) is 7.64. The summed E-state index contributed by atoms with van der Waals surface area (Å²) in [6.07, 6.45) is 7.92. The first-order valence-electron chi connectivity index (χ1n) is 7.64. The normalized spacial score (nSPS) is 14.6. The second kappa shape index (κ2) is 6.02. The molecule has 0 unspecified atom stereocenters. The molecule has 2 heterocycles. The monoisotopic (exact) mass is 308 g/mol. The Morgan fingerprint density at radius 3 is 2.82 bits per heavy atom. The van der Waals surface area contributed by atoms with Crippen molar-refractivity contribution in [2.75, 3.05) is 0 Å². The molecule has 1 aliphatic carbocycles. The van der Waals surface area contributed by atoms with Crippen LogP contribution >= 0.6 is 0 Å². The average molecular weight is 308 g/mol. The van der Waals surface area contributed by atoms with Gasteiger partial charge in [-0.3, -0.25) is 0 Å². The van der Waals surface area contributed by atoms with Crippen LogP contribution in [0.4, 0.5) is 8.78 Å². The molecule has 3 rings (SSSR count). The molecule has 118 valence electrons. The second-order valence-corrected chi connectivity index (χ2v) is 5.73. The van der Waals surface area contributed by atoms with Crippen molar-refractivity contribution in [2.24, 2.45) is 0 Å². The third-order valence-electron chi connectivity index (χ3n) is 3.72. The van der Waals surface area contributed by atoms with Crippen molar-refractivity contribution in [3.8, 4) is 11.7 Å². The van der Waals surface area contributed by atoms with E-state index in [4.69, 9.17) is 0 Å². The van der Waals surface area contributed by atoms with Gasteiger partial charge in [0.1, 0.15) is 6.20 Å². The Labute approximate surface area is 128 Å². The Morgan fingerprint density at radius 2 is 2.18 bits per heavy atom. The van der Waals surface area contributed by atoms with Crippen LogP contribution in [0.1, 0.15) is 43.4 Å². The van der Waals surface area contributed by atoms with Gasteiger partial charge in [0.25, 0.3) is 5.88 Å². The molecule has 4 nitrogen and oxygen atoms in total. The number of rotatable bonds is 6. The first-order chi connectivity index (χ1) is 10.6. The van der Waals surface area contributed by atoms with Gasteiger partial charge in [-0.25, -0.2) is 0 Å². The van der Waals surface area contributed by atoms with E-state index in [1.165, 1.54) is 0 Å². The van der Waals surface area contributed by atoms with Gasteiger partial charge in [0.15, 0.2) is 0 Å². The van der Waals surface area contributed by atoms with E-state index in [9.17, 15) is 8.78 Å². The van der Waals surface area contributed by atoms with Gasteiger partial charge in [-0.15, -0.1) is 0 Å². The van der Waals surface area contributed by atoms with Crippen molar-refractivity contribution in [2.45, 2.75) is 52.2 Å². The maximum Gasteiger partial charge on any atom is 0.389 e. The molecule has 2 aromatic rings. The highest BCUT2D eigenvalue weighted by Crippen LogP contribution is 2.35. The fourth-order valence-electron chi connectivity index (χ4n) is 2.54. The van der Waals surface area contributed by atoms with Crippen LogP contribution in [0.3, 0.4) is 0 Å². The van der Waals surface area contributed by atoms with Crippen LogP contribution in [-0.2, 0) is 6.42 Å². The lowest BCUT2D eigenvalue weighted by Crippen LogP contribution is -2.36. The molecule has 22 heavy (non-hydrogen) atoms. The summed E-state index contributed by atoms with van der Waals surface area (Å²) in [6, 6.07) is 3.77. The number of hydrogen-bond acceptors (Lipinski definition) is 2. The number of pyridine rings is 1. The molecule has 0 aliphatic heterocycles. The van der Waals surface area contributed by atoms with Gasteiger partial charge in [0, 0.05) is 6.07 Å². The minimum atomic E-state index is -2.85. The molecule has 0 atom stereocenters. The summed E-state index contributed by atoms with van der Waals surface area (Å²) < 4.78 is 33.5. The molecule has 1 saturated carbocycles. The molecule has 1 fully saturated rings.